The van der Waals surface area contributed by atoms with E-state index >= 15 is 0 Å². The van der Waals surface area contributed by atoms with Crippen LogP contribution in [0.15, 0.2) is 23.0 Å². The van der Waals surface area contributed by atoms with Crippen LogP contribution < -0.4 is 0 Å². The summed E-state index contributed by atoms with van der Waals surface area (Å²) in [4.78, 5) is 11.9. The molecule has 1 aliphatic heterocycles. The molecule has 1 aliphatic rings. The second-order valence-electron chi connectivity index (χ2n) is 7.67. The Balaban J connectivity index is 2.66. The van der Waals surface area contributed by atoms with Gasteiger partial charge >= 0.3 is 0 Å². The fraction of sp³-hybridized carbons (Fsp3) is 0.750. The van der Waals surface area contributed by atoms with E-state index in [9.17, 15) is 9.90 Å². The van der Waals surface area contributed by atoms with E-state index in [0.717, 1.165) is 17.9 Å². The molecule has 0 radical (unpaired) electrons. The van der Waals surface area contributed by atoms with Gasteiger partial charge in [0.05, 0.1) is 0 Å². The van der Waals surface area contributed by atoms with Crippen molar-refractivity contribution in [2.75, 3.05) is 0 Å². The van der Waals surface area contributed by atoms with Crippen molar-refractivity contribution in [1.82, 2.24) is 0 Å². The van der Waals surface area contributed by atoms with Crippen molar-refractivity contribution in [2.24, 2.45) is 17.8 Å². The zero-order valence-electron chi connectivity index (χ0n) is 15.9. The van der Waals surface area contributed by atoms with Crippen molar-refractivity contribution in [2.45, 2.75) is 79.9 Å². The highest BCUT2D eigenvalue weighted by Crippen LogP contribution is 2.33. The van der Waals surface area contributed by atoms with Gasteiger partial charge in [0.25, 0.3) is 5.79 Å². The van der Waals surface area contributed by atoms with Gasteiger partial charge in [-0.1, -0.05) is 46.6 Å². The summed E-state index contributed by atoms with van der Waals surface area (Å²) >= 11 is 0. The first-order chi connectivity index (χ1) is 10.6. The van der Waals surface area contributed by atoms with Crippen LogP contribution in [0.3, 0.4) is 0 Å². The second kappa shape index (κ2) is 8.14. The van der Waals surface area contributed by atoms with Gasteiger partial charge in [0, 0.05) is 12.5 Å². The minimum absolute atomic E-state index is 0.338. The number of hydrogen-bond donors (Lipinski definition) is 1. The van der Waals surface area contributed by atoms with Crippen LogP contribution in [0.25, 0.3) is 0 Å². The lowest BCUT2D eigenvalue weighted by atomic mass is 9.87. The molecule has 0 saturated carbocycles. The average molecular weight is 322 g/mol. The molecule has 0 aromatic carbocycles. The third kappa shape index (κ3) is 5.49. The second-order valence-corrected chi connectivity index (χ2v) is 7.67. The molecule has 1 rings (SSSR count). The monoisotopic (exact) mass is 322 g/mol. The topological polar surface area (TPSA) is 46.5 Å². The summed E-state index contributed by atoms with van der Waals surface area (Å²) in [6.45, 7) is 14.2. The van der Waals surface area contributed by atoms with Crippen LogP contribution in [0, 0.1) is 17.8 Å². The Morgan fingerprint density at radius 2 is 1.87 bits per heavy atom. The highest BCUT2D eigenvalue weighted by Gasteiger charge is 2.42. The molecule has 0 amide bonds. The lowest BCUT2D eigenvalue weighted by Crippen LogP contribution is -2.32. The normalized spacial score (nSPS) is 26.3. The van der Waals surface area contributed by atoms with Gasteiger partial charge < -0.3 is 9.84 Å². The quantitative estimate of drug-likeness (QED) is 0.684. The number of ketones is 1. The molecule has 23 heavy (non-hydrogen) atoms. The van der Waals surface area contributed by atoms with Gasteiger partial charge in [0.2, 0.25) is 5.78 Å². The van der Waals surface area contributed by atoms with E-state index in [1.807, 2.05) is 6.92 Å². The first-order valence-electron chi connectivity index (χ1n) is 8.94. The summed E-state index contributed by atoms with van der Waals surface area (Å²) in [5.41, 5.74) is 1.45. The van der Waals surface area contributed by atoms with Gasteiger partial charge in [0.1, 0.15) is 5.76 Å². The molecule has 3 nitrogen and oxygen atoms in total. The summed E-state index contributed by atoms with van der Waals surface area (Å²) < 4.78 is 5.45. The van der Waals surface area contributed by atoms with E-state index < -0.39 is 5.79 Å². The van der Waals surface area contributed by atoms with Crippen LogP contribution in [0.4, 0.5) is 0 Å². The smallest absolute Gasteiger partial charge is 0.269 e. The van der Waals surface area contributed by atoms with E-state index in [0.29, 0.717) is 23.2 Å². The Morgan fingerprint density at radius 3 is 2.35 bits per heavy atom. The molecule has 3 heteroatoms. The van der Waals surface area contributed by atoms with Crippen LogP contribution in [-0.4, -0.2) is 16.7 Å². The molecule has 0 saturated heterocycles. The number of hydrogen-bond acceptors (Lipinski definition) is 3. The summed E-state index contributed by atoms with van der Waals surface area (Å²) in [7, 11) is 0. The van der Waals surface area contributed by atoms with Crippen molar-refractivity contribution in [3.8, 4) is 0 Å². The van der Waals surface area contributed by atoms with Crippen molar-refractivity contribution in [3.63, 3.8) is 0 Å². The summed E-state index contributed by atoms with van der Waals surface area (Å²) in [5, 5.41) is 9.94. The first kappa shape index (κ1) is 20.0. The van der Waals surface area contributed by atoms with Crippen molar-refractivity contribution in [1.29, 1.82) is 0 Å². The van der Waals surface area contributed by atoms with Gasteiger partial charge in [-0.05, 0) is 50.0 Å². The lowest BCUT2D eigenvalue weighted by molar-refractivity contribution is -0.169. The van der Waals surface area contributed by atoms with E-state index in [2.05, 4.69) is 33.8 Å². The molecular weight excluding hydrogens is 288 g/mol. The Bertz CT molecular complexity index is 485. The standard InChI is InChI=1S/C20H34O3/c1-8-9-13(2)10-14(3)11-15(4)12-16(5)18-17(6)19(21)20(7,22)23-18/h12-15,22H,8-11H2,1-7H3/b16-12-/t13-,14-,15-,20-/m0/s1. The lowest BCUT2D eigenvalue weighted by Gasteiger charge is -2.20. The minimum atomic E-state index is -1.71. The van der Waals surface area contributed by atoms with Gasteiger partial charge in [-0.3, -0.25) is 4.79 Å². The van der Waals surface area contributed by atoms with Gasteiger partial charge in [0.15, 0.2) is 0 Å². The number of ether oxygens (including phenoxy) is 1. The predicted molar refractivity (Wildman–Crippen MR) is 94.8 cm³/mol. The minimum Gasteiger partial charge on any atom is -0.454 e. The molecule has 0 fully saturated rings. The zero-order valence-corrected chi connectivity index (χ0v) is 15.9. The van der Waals surface area contributed by atoms with E-state index in [-0.39, 0.29) is 5.78 Å². The number of aliphatic hydroxyl groups is 1. The number of rotatable bonds is 8. The molecule has 4 atom stereocenters. The maximum Gasteiger partial charge on any atom is 0.269 e. The van der Waals surface area contributed by atoms with Crippen LogP contribution in [0.5, 0.6) is 0 Å². The third-order valence-electron chi connectivity index (χ3n) is 4.66. The van der Waals surface area contributed by atoms with Crippen LogP contribution in [0.2, 0.25) is 0 Å². The third-order valence-corrected chi connectivity index (χ3v) is 4.66. The van der Waals surface area contributed by atoms with Crippen molar-refractivity contribution >= 4 is 5.78 Å². The Kier molecular flexibility index (Phi) is 7.06. The number of carbonyl (C=O) groups excluding carboxylic acids is 1. The molecule has 0 aromatic rings. The van der Waals surface area contributed by atoms with E-state index in [1.54, 1.807) is 6.92 Å². The Labute approximate surface area is 141 Å². The Hall–Kier alpha value is -1.09. The van der Waals surface area contributed by atoms with Crippen LogP contribution in [-0.2, 0) is 9.53 Å². The predicted octanol–water partition coefficient (Wildman–Crippen LogP) is 5.00. The summed E-state index contributed by atoms with van der Waals surface area (Å²) in [6.07, 6.45) is 7.10. The fourth-order valence-corrected chi connectivity index (χ4v) is 3.75. The molecule has 0 bridgehead atoms. The van der Waals surface area contributed by atoms with Crippen molar-refractivity contribution < 1.29 is 14.6 Å². The van der Waals surface area contributed by atoms with Gasteiger partial charge in [-0.2, -0.15) is 0 Å². The molecule has 1 heterocycles. The molecule has 132 valence electrons. The number of allylic oxidation sites excluding steroid dienone is 2. The molecule has 1 N–H and O–H groups in total. The van der Waals surface area contributed by atoms with E-state index in [4.69, 9.17) is 4.74 Å². The summed E-state index contributed by atoms with van der Waals surface area (Å²) in [6, 6.07) is 0. The maximum absolute atomic E-state index is 11.9. The van der Waals surface area contributed by atoms with Crippen LogP contribution in [0.1, 0.15) is 74.1 Å². The average Bonchev–Trinajstić information content (AvgIpc) is 2.62. The fourth-order valence-electron chi connectivity index (χ4n) is 3.75. The molecule has 0 aliphatic carbocycles. The SMILES string of the molecule is CCC[C@H](C)C[C@H](C)C[C@H](C)/C=C(/C)C1=C(C)C(=O)[C@@](C)(O)O1. The van der Waals surface area contributed by atoms with Crippen molar-refractivity contribution in [3.05, 3.63) is 23.0 Å². The highest BCUT2D eigenvalue weighted by atomic mass is 16.6. The first-order valence-corrected chi connectivity index (χ1v) is 8.94. The zero-order chi connectivity index (χ0) is 17.8. The summed E-state index contributed by atoms with van der Waals surface area (Å²) in [5.74, 6) is 0.376. The van der Waals surface area contributed by atoms with Crippen LogP contribution >= 0.6 is 0 Å². The molecule has 0 aromatic heterocycles. The maximum atomic E-state index is 11.9. The highest BCUT2D eigenvalue weighted by molar-refractivity contribution is 6.03. The Morgan fingerprint density at radius 1 is 1.26 bits per heavy atom. The number of Topliss-reactive ketones (excluding diaryl/α,β-unsaturated/α-hetero) is 1. The van der Waals surface area contributed by atoms with E-state index in [1.165, 1.54) is 26.2 Å². The molecular formula is C20H34O3. The molecule has 0 spiro atoms. The largest absolute Gasteiger partial charge is 0.454 e. The molecule has 0 unspecified atom stereocenters. The van der Waals surface area contributed by atoms with Gasteiger partial charge in [-0.25, -0.2) is 0 Å². The number of carbonyl (C=O) groups is 1. The van der Waals surface area contributed by atoms with Gasteiger partial charge in [-0.15, -0.1) is 0 Å².